The third-order valence-corrected chi connectivity index (χ3v) is 3.87. The average molecular weight is 338 g/mol. The molecule has 110 valence electrons. The Labute approximate surface area is 131 Å². The van der Waals surface area contributed by atoms with Crippen LogP contribution in [0.15, 0.2) is 22.7 Å². The standard InChI is InChI=1S/C16H24BrN3/c1-4-10-19-13(3)15-8-7-14(17)12-16(15)20(5-2)11-6-9-18/h7-8,12-13,19H,4-6,10-11H2,1-3H3. The predicted molar refractivity (Wildman–Crippen MR) is 89.0 cm³/mol. The first-order valence-corrected chi connectivity index (χ1v) is 8.08. The van der Waals surface area contributed by atoms with Gasteiger partial charge < -0.3 is 10.2 Å². The summed E-state index contributed by atoms with van der Waals surface area (Å²) in [6.45, 7) is 9.20. The Kier molecular flexibility index (Phi) is 7.64. The van der Waals surface area contributed by atoms with Crippen molar-refractivity contribution in [3.63, 3.8) is 0 Å². The maximum atomic E-state index is 8.81. The third-order valence-electron chi connectivity index (χ3n) is 3.38. The molecule has 0 aliphatic rings. The SMILES string of the molecule is CCCNC(C)c1ccc(Br)cc1N(CC)CCC#N. The zero-order valence-electron chi connectivity index (χ0n) is 12.6. The summed E-state index contributed by atoms with van der Waals surface area (Å²) < 4.78 is 1.08. The summed E-state index contributed by atoms with van der Waals surface area (Å²) in [6.07, 6.45) is 1.68. The molecular weight excluding hydrogens is 314 g/mol. The number of rotatable bonds is 8. The first-order chi connectivity index (χ1) is 9.63. The molecule has 4 heteroatoms. The summed E-state index contributed by atoms with van der Waals surface area (Å²) >= 11 is 3.55. The van der Waals surface area contributed by atoms with Gasteiger partial charge in [0, 0.05) is 29.3 Å². The summed E-state index contributed by atoms with van der Waals surface area (Å²) in [6, 6.07) is 8.95. The smallest absolute Gasteiger partial charge is 0.0640 e. The number of benzene rings is 1. The van der Waals surface area contributed by atoms with E-state index >= 15 is 0 Å². The van der Waals surface area contributed by atoms with Crippen LogP contribution in [0.1, 0.15) is 45.2 Å². The highest BCUT2D eigenvalue weighted by Crippen LogP contribution is 2.30. The van der Waals surface area contributed by atoms with Crippen LogP contribution >= 0.6 is 15.9 Å². The lowest BCUT2D eigenvalue weighted by Gasteiger charge is -2.28. The summed E-state index contributed by atoms with van der Waals surface area (Å²) in [7, 11) is 0. The molecule has 0 spiro atoms. The summed E-state index contributed by atoms with van der Waals surface area (Å²) in [5.41, 5.74) is 2.51. The Hall–Kier alpha value is -1.05. The van der Waals surface area contributed by atoms with Gasteiger partial charge >= 0.3 is 0 Å². The van der Waals surface area contributed by atoms with Crippen molar-refractivity contribution >= 4 is 21.6 Å². The van der Waals surface area contributed by atoms with Crippen molar-refractivity contribution in [3.05, 3.63) is 28.2 Å². The molecule has 0 aromatic heterocycles. The molecule has 0 saturated heterocycles. The van der Waals surface area contributed by atoms with Gasteiger partial charge in [0.05, 0.1) is 12.5 Å². The Balaban J connectivity index is 3.02. The van der Waals surface area contributed by atoms with Gasteiger partial charge in [0.1, 0.15) is 0 Å². The number of halogens is 1. The van der Waals surface area contributed by atoms with Gasteiger partial charge in [-0.3, -0.25) is 0 Å². The van der Waals surface area contributed by atoms with Crippen LogP contribution in [0.2, 0.25) is 0 Å². The molecular formula is C16H24BrN3. The Morgan fingerprint density at radius 2 is 2.15 bits per heavy atom. The number of nitrogens with one attached hydrogen (secondary N) is 1. The van der Waals surface area contributed by atoms with Crippen molar-refractivity contribution in [1.29, 1.82) is 5.26 Å². The van der Waals surface area contributed by atoms with Gasteiger partial charge in [0.15, 0.2) is 0 Å². The number of anilines is 1. The first kappa shape index (κ1) is 17.0. The van der Waals surface area contributed by atoms with Crippen LogP contribution in [0.4, 0.5) is 5.69 Å². The van der Waals surface area contributed by atoms with E-state index < -0.39 is 0 Å². The fraction of sp³-hybridized carbons (Fsp3) is 0.562. The molecule has 1 rings (SSSR count). The van der Waals surface area contributed by atoms with Gasteiger partial charge in [-0.15, -0.1) is 0 Å². The zero-order chi connectivity index (χ0) is 15.0. The molecule has 20 heavy (non-hydrogen) atoms. The Morgan fingerprint density at radius 3 is 2.75 bits per heavy atom. The second-order valence-corrected chi connectivity index (χ2v) is 5.78. The van der Waals surface area contributed by atoms with E-state index in [1.54, 1.807) is 0 Å². The number of nitriles is 1. The molecule has 0 aliphatic carbocycles. The number of hydrogen-bond donors (Lipinski definition) is 1. The van der Waals surface area contributed by atoms with Crippen molar-refractivity contribution in [2.24, 2.45) is 0 Å². The van der Waals surface area contributed by atoms with Crippen LogP contribution in [-0.2, 0) is 0 Å². The van der Waals surface area contributed by atoms with Crippen molar-refractivity contribution < 1.29 is 0 Å². The molecule has 0 amide bonds. The van der Waals surface area contributed by atoms with Crippen molar-refractivity contribution in [2.45, 2.75) is 39.7 Å². The van der Waals surface area contributed by atoms with Gasteiger partial charge in [0.25, 0.3) is 0 Å². The van der Waals surface area contributed by atoms with Crippen LogP contribution in [-0.4, -0.2) is 19.6 Å². The third kappa shape index (κ3) is 4.81. The second kappa shape index (κ2) is 8.99. The maximum absolute atomic E-state index is 8.81. The van der Waals surface area contributed by atoms with Crippen molar-refractivity contribution in [2.75, 3.05) is 24.5 Å². The number of nitrogens with zero attached hydrogens (tertiary/aromatic N) is 2. The molecule has 1 atom stereocenters. The quantitative estimate of drug-likeness (QED) is 0.770. The van der Waals surface area contributed by atoms with E-state index in [4.69, 9.17) is 5.26 Å². The van der Waals surface area contributed by atoms with Crippen LogP contribution < -0.4 is 10.2 Å². The van der Waals surface area contributed by atoms with Crippen LogP contribution in [0.25, 0.3) is 0 Å². The van der Waals surface area contributed by atoms with Crippen LogP contribution in [0.3, 0.4) is 0 Å². The fourth-order valence-corrected chi connectivity index (χ4v) is 2.61. The highest BCUT2D eigenvalue weighted by molar-refractivity contribution is 9.10. The van der Waals surface area contributed by atoms with E-state index in [-0.39, 0.29) is 0 Å². The lowest BCUT2D eigenvalue weighted by atomic mass is 10.0. The van der Waals surface area contributed by atoms with E-state index in [1.165, 1.54) is 11.3 Å². The minimum atomic E-state index is 0.314. The first-order valence-electron chi connectivity index (χ1n) is 7.28. The van der Waals surface area contributed by atoms with Crippen LogP contribution in [0, 0.1) is 11.3 Å². The van der Waals surface area contributed by atoms with E-state index in [0.29, 0.717) is 12.5 Å². The summed E-state index contributed by atoms with van der Waals surface area (Å²) in [4.78, 5) is 2.27. The normalized spacial score (nSPS) is 11.9. The van der Waals surface area contributed by atoms with E-state index in [2.05, 4.69) is 71.2 Å². The largest absolute Gasteiger partial charge is 0.370 e. The lowest BCUT2D eigenvalue weighted by Crippen LogP contribution is -2.27. The van der Waals surface area contributed by atoms with Gasteiger partial charge in [0.2, 0.25) is 0 Å². The Morgan fingerprint density at radius 1 is 1.40 bits per heavy atom. The van der Waals surface area contributed by atoms with Crippen molar-refractivity contribution in [1.82, 2.24) is 5.32 Å². The molecule has 0 radical (unpaired) electrons. The fourth-order valence-electron chi connectivity index (χ4n) is 2.26. The molecule has 0 heterocycles. The molecule has 1 unspecified atom stereocenters. The topological polar surface area (TPSA) is 39.1 Å². The summed E-state index contributed by atoms with van der Waals surface area (Å²) in [5.74, 6) is 0. The highest BCUT2D eigenvalue weighted by Gasteiger charge is 2.14. The molecule has 3 nitrogen and oxygen atoms in total. The van der Waals surface area contributed by atoms with Gasteiger partial charge in [-0.25, -0.2) is 0 Å². The van der Waals surface area contributed by atoms with E-state index in [9.17, 15) is 0 Å². The molecule has 1 aromatic rings. The highest BCUT2D eigenvalue weighted by atomic mass is 79.9. The Bertz CT molecular complexity index is 454. The second-order valence-electron chi connectivity index (χ2n) is 4.87. The summed E-state index contributed by atoms with van der Waals surface area (Å²) in [5, 5.41) is 12.3. The van der Waals surface area contributed by atoms with Gasteiger partial charge in [-0.1, -0.05) is 28.9 Å². The number of hydrogen-bond acceptors (Lipinski definition) is 3. The molecule has 0 fully saturated rings. The maximum Gasteiger partial charge on any atom is 0.0640 e. The van der Waals surface area contributed by atoms with E-state index in [1.807, 2.05) is 0 Å². The van der Waals surface area contributed by atoms with Crippen molar-refractivity contribution in [3.8, 4) is 6.07 Å². The minimum absolute atomic E-state index is 0.314. The van der Waals surface area contributed by atoms with Gasteiger partial charge in [-0.2, -0.15) is 5.26 Å². The molecule has 0 aliphatic heterocycles. The monoisotopic (exact) mass is 337 g/mol. The zero-order valence-corrected chi connectivity index (χ0v) is 14.2. The predicted octanol–water partition coefficient (Wildman–Crippen LogP) is 4.25. The van der Waals surface area contributed by atoms with Gasteiger partial charge in [-0.05, 0) is 44.5 Å². The lowest BCUT2D eigenvalue weighted by molar-refractivity contribution is 0.569. The van der Waals surface area contributed by atoms with Crippen LogP contribution in [0.5, 0.6) is 0 Å². The molecule has 1 aromatic carbocycles. The average Bonchev–Trinajstić information content (AvgIpc) is 2.45. The van der Waals surface area contributed by atoms with E-state index in [0.717, 1.165) is 30.5 Å². The minimum Gasteiger partial charge on any atom is -0.370 e. The molecule has 1 N–H and O–H groups in total. The molecule has 0 saturated carbocycles. The molecule has 0 bridgehead atoms.